The van der Waals surface area contributed by atoms with E-state index in [2.05, 4.69) is 21.4 Å². The Morgan fingerprint density at radius 3 is 2.95 bits per heavy atom. The molecule has 0 radical (unpaired) electrons. The highest BCUT2D eigenvalue weighted by molar-refractivity contribution is 5.80. The molecule has 0 aliphatic carbocycles. The molecule has 0 aliphatic rings. The second kappa shape index (κ2) is 4.79. The summed E-state index contributed by atoms with van der Waals surface area (Å²) in [5, 5.41) is 12.0. The molecule has 0 saturated heterocycles. The topological polar surface area (TPSA) is 64.2 Å². The molecule has 0 fully saturated rings. The molecule has 20 heavy (non-hydrogen) atoms. The molecule has 6 nitrogen and oxygen atoms in total. The predicted octanol–water partition coefficient (Wildman–Crippen LogP) is 0.304. The van der Waals surface area contributed by atoms with Crippen molar-refractivity contribution in [2.45, 2.75) is 6.54 Å². The van der Waals surface area contributed by atoms with Crippen LogP contribution in [0, 0.1) is 12.3 Å². The second-order valence-corrected chi connectivity index (χ2v) is 4.44. The highest BCUT2D eigenvalue weighted by atomic mass is 16.1. The summed E-state index contributed by atoms with van der Waals surface area (Å²) in [6.07, 6.45) is 5.21. The van der Waals surface area contributed by atoms with E-state index in [0.717, 1.165) is 11.3 Å². The van der Waals surface area contributed by atoms with Crippen molar-refractivity contribution in [2.24, 2.45) is 7.05 Å². The van der Waals surface area contributed by atoms with Crippen LogP contribution in [0.25, 0.3) is 16.7 Å². The van der Waals surface area contributed by atoms with E-state index in [-0.39, 0.29) is 5.56 Å². The summed E-state index contributed by atoms with van der Waals surface area (Å²) < 4.78 is 3.38. The lowest BCUT2D eigenvalue weighted by Crippen LogP contribution is -2.21. The van der Waals surface area contributed by atoms with Gasteiger partial charge in [0.05, 0.1) is 24.0 Å². The van der Waals surface area contributed by atoms with Crippen LogP contribution in [0.15, 0.2) is 29.1 Å². The van der Waals surface area contributed by atoms with Gasteiger partial charge in [0, 0.05) is 7.05 Å². The summed E-state index contributed by atoms with van der Waals surface area (Å²) in [5.41, 5.74) is 0.719. The lowest BCUT2D eigenvalue weighted by molar-refractivity contribution is 0.717. The molecular weight excluding hydrogens is 254 g/mol. The Morgan fingerprint density at radius 2 is 2.15 bits per heavy atom. The van der Waals surface area contributed by atoms with E-state index < -0.39 is 0 Å². The summed E-state index contributed by atoms with van der Waals surface area (Å²) in [4.78, 5) is 12.3. The van der Waals surface area contributed by atoms with E-state index in [1.54, 1.807) is 13.1 Å². The van der Waals surface area contributed by atoms with Gasteiger partial charge in [0.15, 0.2) is 5.82 Å². The fraction of sp³-hybridized carbons (Fsp3) is 0.214. The fourth-order valence-corrected chi connectivity index (χ4v) is 2.25. The van der Waals surface area contributed by atoms with Crippen molar-refractivity contribution in [3.8, 4) is 12.3 Å². The maximum absolute atomic E-state index is 12.3. The Labute approximate surface area is 115 Å². The molecule has 100 valence electrons. The number of hydrogen-bond donors (Lipinski definition) is 1. The van der Waals surface area contributed by atoms with E-state index in [1.165, 1.54) is 4.57 Å². The smallest absolute Gasteiger partial charge is 0.262 e. The minimum Gasteiger partial charge on any atom is -0.299 e. The van der Waals surface area contributed by atoms with Crippen molar-refractivity contribution < 1.29 is 0 Å². The van der Waals surface area contributed by atoms with Crippen molar-refractivity contribution in [1.29, 1.82) is 0 Å². The van der Waals surface area contributed by atoms with E-state index in [1.807, 2.05) is 22.6 Å². The third kappa shape index (κ3) is 1.76. The maximum atomic E-state index is 12.3. The van der Waals surface area contributed by atoms with Crippen molar-refractivity contribution in [2.75, 3.05) is 6.54 Å². The van der Waals surface area contributed by atoms with Gasteiger partial charge in [-0.15, -0.1) is 16.6 Å². The number of hydrogen-bond acceptors (Lipinski definition) is 4. The zero-order valence-electron chi connectivity index (χ0n) is 11.0. The van der Waals surface area contributed by atoms with Crippen LogP contribution in [0.4, 0.5) is 0 Å². The first kappa shape index (κ1) is 12.4. The summed E-state index contributed by atoms with van der Waals surface area (Å²) in [6.45, 7) is 0.951. The molecule has 0 unspecified atom stereocenters. The molecule has 0 atom stereocenters. The Bertz CT molecular complexity index is 884. The number of para-hydroxylation sites is 1. The maximum Gasteiger partial charge on any atom is 0.262 e. The van der Waals surface area contributed by atoms with Crippen LogP contribution in [-0.2, 0) is 13.6 Å². The van der Waals surface area contributed by atoms with E-state index >= 15 is 0 Å². The van der Waals surface area contributed by atoms with Crippen molar-refractivity contribution in [3.63, 3.8) is 0 Å². The van der Waals surface area contributed by atoms with Crippen molar-refractivity contribution in [3.05, 3.63) is 40.4 Å². The van der Waals surface area contributed by atoms with Gasteiger partial charge in [0.2, 0.25) is 5.78 Å². The molecule has 0 aliphatic heterocycles. The van der Waals surface area contributed by atoms with Crippen LogP contribution >= 0.6 is 0 Å². The van der Waals surface area contributed by atoms with Gasteiger partial charge in [-0.3, -0.25) is 19.1 Å². The standard InChI is InChI=1S/C14H13N5O/c1-3-8-15-9-12-16-17-14-18(2)13(20)10-6-4-5-7-11(10)19(12)14/h1,4-7,15H,8-9H2,2H3. The van der Waals surface area contributed by atoms with Gasteiger partial charge >= 0.3 is 0 Å². The van der Waals surface area contributed by atoms with Crippen molar-refractivity contribution >= 4 is 16.7 Å². The monoisotopic (exact) mass is 267 g/mol. The van der Waals surface area contributed by atoms with Crippen LogP contribution in [0.1, 0.15) is 5.82 Å². The summed E-state index contributed by atoms with van der Waals surface area (Å²) in [7, 11) is 1.69. The molecule has 0 bridgehead atoms. The summed E-state index contributed by atoms with van der Waals surface area (Å²) in [5.74, 6) is 3.76. The largest absolute Gasteiger partial charge is 0.299 e. The van der Waals surface area contributed by atoms with E-state index in [9.17, 15) is 4.79 Å². The summed E-state index contributed by atoms with van der Waals surface area (Å²) >= 11 is 0. The minimum absolute atomic E-state index is 0.0800. The number of nitrogens with zero attached hydrogens (tertiary/aromatic N) is 4. The Morgan fingerprint density at radius 1 is 1.35 bits per heavy atom. The number of aromatic nitrogens is 4. The number of fused-ring (bicyclic) bond motifs is 3. The molecule has 3 aromatic rings. The first-order valence-electron chi connectivity index (χ1n) is 6.20. The molecule has 1 aromatic carbocycles. The Hall–Kier alpha value is -2.65. The lowest BCUT2D eigenvalue weighted by atomic mass is 10.2. The number of terminal acetylenes is 1. The van der Waals surface area contributed by atoms with Crippen molar-refractivity contribution in [1.82, 2.24) is 24.5 Å². The highest BCUT2D eigenvalue weighted by Gasteiger charge is 2.13. The van der Waals surface area contributed by atoms with E-state index in [0.29, 0.717) is 24.3 Å². The summed E-state index contributed by atoms with van der Waals surface area (Å²) in [6, 6.07) is 7.42. The number of rotatable bonds is 3. The van der Waals surface area contributed by atoms with Crippen LogP contribution in [0.3, 0.4) is 0 Å². The molecular formula is C14H13N5O. The Balaban J connectivity index is 2.30. The molecule has 6 heteroatoms. The van der Waals surface area contributed by atoms with Gasteiger partial charge in [-0.1, -0.05) is 18.1 Å². The fourth-order valence-electron chi connectivity index (χ4n) is 2.25. The average Bonchev–Trinajstić information content (AvgIpc) is 2.89. The zero-order chi connectivity index (χ0) is 14.1. The normalized spacial score (nSPS) is 11.0. The number of nitrogens with one attached hydrogen (secondary N) is 1. The number of benzene rings is 1. The molecule has 0 saturated carbocycles. The van der Waals surface area contributed by atoms with Gasteiger partial charge in [-0.2, -0.15) is 0 Å². The van der Waals surface area contributed by atoms with Crippen LogP contribution in [0.2, 0.25) is 0 Å². The molecule has 2 aromatic heterocycles. The van der Waals surface area contributed by atoms with Crippen LogP contribution in [-0.4, -0.2) is 25.7 Å². The second-order valence-electron chi connectivity index (χ2n) is 4.44. The lowest BCUT2D eigenvalue weighted by Gasteiger charge is -2.07. The first-order valence-corrected chi connectivity index (χ1v) is 6.20. The Kier molecular flexibility index (Phi) is 2.97. The van der Waals surface area contributed by atoms with Crippen LogP contribution < -0.4 is 10.9 Å². The minimum atomic E-state index is -0.0800. The molecule has 0 spiro atoms. The van der Waals surface area contributed by atoms with Crippen LogP contribution in [0.5, 0.6) is 0 Å². The van der Waals surface area contributed by atoms with E-state index in [4.69, 9.17) is 6.42 Å². The number of aryl methyl sites for hydroxylation is 1. The highest BCUT2D eigenvalue weighted by Crippen LogP contribution is 2.13. The molecule has 3 rings (SSSR count). The van der Waals surface area contributed by atoms with Gasteiger partial charge in [-0.05, 0) is 12.1 Å². The van der Waals surface area contributed by atoms with Gasteiger partial charge < -0.3 is 0 Å². The predicted molar refractivity (Wildman–Crippen MR) is 76.3 cm³/mol. The van der Waals surface area contributed by atoms with Gasteiger partial charge in [0.1, 0.15) is 0 Å². The SMILES string of the molecule is C#CCNCc1nnc2n(C)c(=O)c3ccccc3n12. The third-order valence-electron chi connectivity index (χ3n) is 3.20. The first-order chi connectivity index (χ1) is 9.74. The zero-order valence-corrected chi connectivity index (χ0v) is 11.0. The molecule has 0 amide bonds. The average molecular weight is 267 g/mol. The third-order valence-corrected chi connectivity index (χ3v) is 3.20. The quantitative estimate of drug-likeness (QED) is 0.548. The van der Waals surface area contributed by atoms with Gasteiger partial charge in [-0.25, -0.2) is 0 Å². The van der Waals surface area contributed by atoms with Gasteiger partial charge in [0.25, 0.3) is 5.56 Å². The molecule has 1 N–H and O–H groups in total. The molecule has 2 heterocycles.